The van der Waals surface area contributed by atoms with Crippen LogP contribution in [0, 0.1) is 0 Å². The van der Waals surface area contributed by atoms with Gasteiger partial charge >= 0.3 is 5.97 Å². The SMILES string of the molecule is CCCCCCl.COc1cc(C(=O)O)ccc1O. The number of carbonyl (C=O) groups is 1. The first-order valence-corrected chi connectivity index (χ1v) is 6.26. The lowest BCUT2D eigenvalue weighted by atomic mass is 10.2. The summed E-state index contributed by atoms with van der Waals surface area (Å²) >= 11 is 5.38. The van der Waals surface area contributed by atoms with Gasteiger partial charge in [0.05, 0.1) is 12.7 Å². The van der Waals surface area contributed by atoms with Gasteiger partial charge in [-0.25, -0.2) is 4.79 Å². The molecule has 4 nitrogen and oxygen atoms in total. The summed E-state index contributed by atoms with van der Waals surface area (Å²) in [6.07, 6.45) is 3.73. The second-order valence-electron chi connectivity index (χ2n) is 3.59. The fourth-order valence-corrected chi connectivity index (χ4v) is 1.34. The van der Waals surface area contributed by atoms with E-state index in [2.05, 4.69) is 6.92 Å². The van der Waals surface area contributed by atoms with Gasteiger partial charge in [-0.05, 0) is 24.6 Å². The molecule has 0 unspecified atom stereocenters. The fourth-order valence-electron chi connectivity index (χ4n) is 1.16. The highest BCUT2D eigenvalue weighted by Gasteiger charge is 2.06. The lowest BCUT2D eigenvalue weighted by Crippen LogP contribution is -1.96. The molecule has 1 aromatic rings. The molecule has 0 saturated carbocycles. The molecule has 18 heavy (non-hydrogen) atoms. The van der Waals surface area contributed by atoms with E-state index in [1.54, 1.807) is 0 Å². The molecule has 0 heterocycles. The van der Waals surface area contributed by atoms with Gasteiger partial charge in [-0.2, -0.15) is 0 Å². The number of methoxy groups -OCH3 is 1. The van der Waals surface area contributed by atoms with Crippen LogP contribution in [0.1, 0.15) is 36.5 Å². The van der Waals surface area contributed by atoms with Gasteiger partial charge in [0, 0.05) is 5.88 Å². The first kappa shape index (κ1) is 16.6. The molecule has 0 saturated heterocycles. The van der Waals surface area contributed by atoms with Crippen LogP contribution in [0.4, 0.5) is 0 Å². The van der Waals surface area contributed by atoms with Gasteiger partial charge in [0.15, 0.2) is 11.5 Å². The summed E-state index contributed by atoms with van der Waals surface area (Å²) in [5, 5.41) is 17.7. The van der Waals surface area contributed by atoms with E-state index < -0.39 is 5.97 Å². The standard InChI is InChI=1S/C8H8O4.C5H11Cl/c1-12-7-4-5(8(10)11)2-3-6(7)9;1-2-3-4-5-6/h2-4,9H,1H3,(H,10,11);2-5H2,1H3. The average molecular weight is 275 g/mol. The van der Waals surface area contributed by atoms with E-state index in [9.17, 15) is 4.79 Å². The molecule has 1 aromatic carbocycles. The van der Waals surface area contributed by atoms with Crippen LogP contribution in [-0.4, -0.2) is 29.2 Å². The maximum atomic E-state index is 10.4. The monoisotopic (exact) mass is 274 g/mol. The summed E-state index contributed by atoms with van der Waals surface area (Å²) in [6.45, 7) is 2.17. The summed E-state index contributed by atoms with van der Waals surface area (Å²) in [5.74, 6) is -0.126. The Morgan fingerprint density at radius 2 is 2.06 bits per heavy atom. The Balaban J connectivity index is 0.000000411. The number of carboxylic acids is 1. The van der Waals surface area contributed by atoms with Crippen LogP contribution in [-0.2, 0) is 0 Å². The third-order valence-electron chi connectivity index (χ3n) is 2.16. The van der Waals surface area contributed by atoms with Crippen molar-refractivity contribution in [2.75, 3.05) is 13.0 Å². The van der Waals surface area contributed by atoms with Crippen molar-refractivity contribution in [3.63, 3.8) is 0 Å². The lowest BCUT2D eigenvalue weighted by Gasteiger charge is -2.02. The molecule has 2 N–H and O–H groups in total. The smallest absolute Gasteiger partial charge is 0.335 e. The third-order valence-corrected chi connectivity index (χ3v) is 2.43. The normalized spacial score (nSPS) is 9.28. The first-order valence-electron chi connectivity index (χ1n) is 5.73. The van der Waals surface area contributed by atoms with E-state index in [0.717, 1.165) is 5.88 Å². The van der Waals surface area contributed by atoms with E-state index in [0.29, 0.717) is 0 Å². The van der Waals surface area contributed by atoms with E-state index in [1.165, 1.54) is 44.6 Å². The quantitative estimate of drug-likeness (QED) is 0.637. The number of rotatable bonds is 5. The molecule has 0 aromatic heterocycles. The van der Waals surface area contributed by atoms with Gasteiger partial charge in [-0.1, -0.05) is 19.8 Å². The highest BCUT2D eigenvalue weighted by molar-refractivity contribution is 6.17. The minimum atomic E-state index is -1.05. The second-order valence-corrected chi connectivity index (χ2v) is 3.97. The number of hydrogen-bond donors (Lipinski definition) is 2. The van der Waals surface area contributed by atoms with E-state index in [-0.39, 0.29) is 17.1 Å². The Labute approximate surface area is 112 Å². The largest absolute Gasteiger partial charge is 0.504 e. The molecule has 0 aliphatic rings. The van der Waals surface area contributed by atoms with Crippen LogP contribution in [0.2, 0.25) is 0 Å². The molecule has 0 spiro atoms. The van der Waals surface area contributed by atoms with Crippen LogP contribution >= 0.6 is 11.6 Å². The van der Waals surface area contributed by atoms with Crippen molar-refractivity contribution in [1.29, 1.82) is 0 Å². The molecular formula is C13H19ClO4. The van der Waals surface area contributed by atoms with Crippen molar-refractivity contribution < 1.29 is 19.7 Å². The van der Waals surface area contributed by atoms with Gasteiger partial charge in [0.2, 0.25) is 0 Å². The van der Waals surface area contributed by atoms with Crippen LogP contribution < -0.4 is 4.74 Å². The van der Waals surface area contributed by atoms with Crippen LogP contribution in [0.25, 0.3) is 0 Å². The molecule has 1 rings (SSSR count). The highest BCUT2D eigenvalue weighted by Crippen LogP contribution is 2.25. The van der Waals surface area contributed by atoms with Gasteiger partial charge in [-0.3, -0.25) is 0 Å². The molecule has 0 amide bonds. The van der Waals surface area contributed by atoms with Crippen LogP contribution in [0.3, 0.4) is 0 Å². The maximum absolute atomic E-state index is 10.4. The zero-order valence-corrected chi connectivity index (χ0v) is 11.4. The topological polar surface area (TPSA) is 66.8 Å². The Kier molecular flexibility index (Phi) is 8.84. The number of benzene rings is 1. The second kappa shape index (κ2) is 9.59. The number of ether oxygens (including phenoxy) is 1. The molecule has 0 aliphatic carbocycles. The fraction of sp³-hybridized carbons (Fsp3) is 0.462. The number of halogens is 1. The molecule has 0 atom stereocenters. The molecule has 0 bridgehead atoms. The summed E-state index contributed by atoms with van der Waals surface area (Å²) in [5.41, 5.74) is 0.0876. The predicted molar refractivity (Wildman–Crippen MR) is 71.9 cm³/mol. The van der Waals surface area contributed by atoms with Crippen molar-refractivity contribution in [2.45, 2.75) is 26.2 Å². The van der Waals surface area contributed by atoms with Gasteiger partial charge in [0.25, 0.3) is 0 Å². The van der Waals surface area contributed by atoms with Crippen LogP contribution in [0.5, 0.6) is 11.5 Å². The Morgan fingerprint density at radius 3 is 2.44 bits per heavy atom. The van der Waals surface area contributed by atoms with Crippen molar-refractivity contribution in [3.05, 3.63) is 23.8 Å². The first-order chi connectivity index (χ1) is 8.56. The molecule has 5 heteroatoms. The minimum Gasteiger partial charge on any atom is -0.504 e. The molecule has 0 fully saturated rings. The van der Waals surface area contributed by atoms with Crippen molar-refractivity contribution in [2.24, 2.45) is 0 Å². The lowest BCUT2D eigenvalue weighted by molar-refractivity contribution is 0.0696. The average Bonchev–Trinajstić information content (AvgIpc) is 2.37. The zero-order chi connectivity index (χ0) is 14.0. The minimum absolute atomic E-state index is 0.0671. The maximum Gasteiger partial charge on any atom is 0.335 e. The summed E-state index contributed by atoms with van der Waals surface area (Å²) in [6, 6.07) is 3.85. The third kappa shape index (κ3) is 6.35. The van der Waals surface area contributed by atoms with Gasteiger partial charge in [0.1, 0.15) is 0 Å². The number of phenolic OH excluding ortho intramolecular Hbond substituents is 1. The molecule has 102 valence electrons. The van der Waals surface area contributed by atoms with Gasteiger partial charge < -0.3 is 14.9 Å². The molecule has 0 aliphatic heterocycles. The van der Waals surface area contributed by atoms with E-state index in [4.69, 9.17) is 26.6 Å². The van der Waals surface area contributed by atoms with Crippen LogP contribution in [0.15, 0.2) is 18.2 Å². The molecular weight excluding hydrogens is 256 g/mol. The Morgan fingerprint density at radius 1 is 1.39 bits per heavy atom. The number of carboxylic acid groups (broad SMARTS) is 1. The van der Waals surface area contributed by atoms with Crippen molar-refractivity contribution >= 4 is 17.6 Å². The van der Waals surface area contributed by atoms with Crippen molar-refractivity contribution in [1.82, 2.24) is 0 Å². The van der Waals surface area contributed by atoms with Crippen molar-refractivity contribution in [3.8, 4) is 11.5 Å². The number of unbranched alkanes of at least 4 members (excludes halogenated alkanes) is 2. The molecule has 0 radical (unpaired) electrons. The predicted octanol–water partition coefficient (Wildman–Crippen LogP) is 3.51. The number of aromatic carboxylic acids is 1. The highest BCUT2D eigenvalue weighted by atomic mass is 35.5. The summed E-state index contributed by atoms with van der Waals surface area (Å²) in [7, 11) is 1.36. The number of aromatic hydroxyl groups is 1. The number of alkyl halides is 1. The Hall–Kier alpha value is -1.42. The zero-order valence-electron chi connectivity index (χ0n) is 10.6. The number of hydrogen-bond acceptors (Lipinski definition) is 3. The summed E-state index contributed by atoms with van der Waals surface area (Å²) in [4.78, 5) is 10.4. The van der Waals surface area contributed by atoms with E-state index in [1.807, 2.05) is 0 Å². The van der Waals surface area contributed by atoms with E-state index >= 15 is 0 Å². The summed E-state index contributed by atoms with van der Waals surface area (Å²) < 4.78 is 4.72. The van der Waals surface area contributed by atoms with Gasteiger partial charge in [-0.15, -0.1) is 11.6 Å². The Bertz CT molecular complexity index is 362. The number of phenols is 1.